The fourth-order valence-corrected chi connectivity index (χ4v) is 2.35. The van der Waals surface area contributed by atoms with E-state index in [1.807, 2.05) is 6.92 Å². The van der Waals surface area contributed by atoms with Gasteiger partial charge < -0.3 is 5.32 Å². The standard InChI is InChI=1S/C16H15ClF3N/c1-2-21-16(7-10-3-5-11(18)6-4-10)12-8-15(20)13(17)9-14(12)19/h3-6,8-9,16,21H,2,7H2,1H3. The summed E-state index contributed by atoms with van der Waals surface area (Å²) in [5.74, 6) is -1.55. The van der Waals surface area contributed by atoms with Crippen LogP contribution in [0.25, 0.3) is 0 Å². The van der Waals surface area contributed by atoms with Gasteiger partial charge >= 0.3 is 0 Å². The number of likely N-dealkylation sites (N-methyl/N-ethyl adjacent to an activating group) is 1. The Kier molecular flexibility index (Phi) is 5.26. The summed E-state index contributed by atoms with van der Waals surface area (Å²) in [6.45, 7) is 2.47. The molecule has 0 heterocycles. The third-order valence-corrected chi connectivity index (χ3v) is 3.51. The van der Waals surface area contributed by atoms with Crippen LogP contribution in [-0.4, -0.2) is 6.54 Å². The maximum Gasteiger partial charge on any atom is 0.142 e. The molecule has 0 fully saturated rings. The molecule has 0 aliphatic heterocycles. The van der Waals surface area contributed by atoms with Crippen LogP contribution in [0.4, 0.5) is 13.2 Å². The van der Waals surface area contributed by atoms with Crippen molar-refractivity contribution in [1.82, 2.24) is 5.32 Å². The van der Waals surface area contributed by atoms with Crippen LogP contribution >= 0.6 is 11.6 Å². The van der Waals surface area contributed by atoms with E-state index in [2.05, 4.69) is 5.32 Å². The molecular formula is C16H15ClF3N. The summed E-state index contributed by atoms with van der Waals surface area (Å²) in [4.78, 5) is 0. The van der Waals surface area contributed by atoms with Crippen LogP contribution < -0.4 is 5.32 Å². The molecule has 0 radical (unpaired) electrons. The molecule has 2 rings (SSSR count). The molecule has 0 amide bonds. The van der Waals surface area contributed by atoms with Crippen LogP contribution in [-0.2, 0) is 6.42 Å². The Bertz CT molecular complexity index is 614. The molecule has 5 heteroatoms. The van der Waals surface area contributed by atoms with Crippen molar-refractivity contribution in [2.24, 2.45) is 0 Å². The Balaban J connectivity index is 2.30. The van der Waals surface area contributed by atoms with Crippen molar-refractivity contribution in [1.29, 1.82) is 0 Å². The molecule has 1 nitrogen and oxygen atoms in total. The number of rotatable bonds is 5. The molecule has 0 spiro atoms. The Labute approximate surface area is 126 Å². The van der Waals surface area contributed by atoms with Crippen molar-refractivity contribution < 1.29 is 13.2 Å². The van der Waals surface area contributed by atoms with E-state index in [9.17, 15) is 13.2 Å². The Morgan fingerprint density at radius 1 is 1.05 bits per heavy atom. The zero-order valence-corrected chi connectivity index (χ0v) is 12.2. The lowest BCUT2D eigenvalue weighted by molar-refractivity contribution is 0.502. The first-order valence-electron chi connectivity index (χ1n) is 6.63. The molecule has 0 aliphatic rings. The van der Waals surface area contributed by atoms with Gasteiger partial charge in [-0.05, 0) is 42.8 Å². The van der Waals surface area contributed by atoms with Gasteiger partial charge in [-0.1, -0.05) is 30.7 Å². The monoisotopic (exact) mass is 313 g/mol. The fraction of sp³-hybridized carbons (Fsp3) is 0.250. The van der Waals surface area contributed by atoms with Crippen molar-refractivity contribution in [3.8, 4) is 0 Å². The maximum atomic E-state index is 14.0. The summed E-state index contributed by atoms with van der Waals surface area (Å²) < 4.78 is 40.5. The minimum absolute atomic E-state index is 0.211. The lowest BCUT2D eigenvalue weighted by atomic mass is 9.98. The van der Waals surface area contributed by atoms with Gasteiger partial charge in [-0.3, -0.25) is 0 Å². The molecule has 0 aromatic heterocycles. The summed E-state index contributed by atoms with van der Waals surface area (Å²) in [7, 11) is 0. The minimum atomic E-state index is -0.657. The quantitative estimate of drug-likeness (QED) is 0.792. The Morgan fingerprint density at radius 3 is 2.33 bits per heavy atom. The highest BCUT2D eigenvalue weighted by Gasteiger charge is 2.18. The third kappa shape index (κ3) is 3.99. The summed E-state index contributed by atoms with van der Waals surface area (Å²) in [6, 6.07) is 7.62. The van der Waals surface area contributed by atoms with E-state index in [0.717, 1.165) is 17.7 Å². The molecule has 1 atom stereocenters. The first-order chi connectivity index (χ1) is 10.0. The second kappa shape index (κ2) is 6.96. The average molecular weight is 314 g/mol. The van der Waals surface area contributed by atoms with Crippen LogP contribution in [0, 0.1) is 17.5 Å². The van der Waals surface area contributed by atoms with Crippen molar-refractivity contribution in [3.63, 3.8) is 0 Å². The molecular weight excluding hydrogens is 299 g/mol. The highest BCUT2D eigenvalue weighted by atomic mass is 35.5. The molecule has 0 saturated heterocycles. The molecule has 0 bridgehead atoms. The van der Waals surface area contributed by atoms with Crippen molar-refractivity contribution in [3.05, 3.63) is 70.0 Å². The first-order valence-corrected chi connectivity index (χ1v) is 7.01. The SMILES string of the molecule is CCNC(Cc1ccc(F)cc1)c1cc(F)c(Cl)cc1F. The zero-order valence-electron chi connectivity index (χ0n) is 11.5. The topological polar surface area (TPSA) is 12.0 Å². The van der Waals surface area contributed by atoms with E-state index in [1.165, 1.54) is 12.1 Å². The maximum absolute atomic E-state index is 14.0. The minimum Gasteiger partial charge on any atom is -0.310 e. The average Bonchev–Trinajstić information content (AvgIpc) is 2.45. The van der Waals surface area contributed by atoms with E-state index >= 15 is 0 Å². The van der Waals surface area contributed by atoms with Crippen LogP contribution in [0.1, 0.15) is 24.1 Å². The van der Waals surface area contributed by atoms with Gasteiger partial charge in [0.25, 0.3) is 0 Å². The van der Waals surface area contributed by atoms with Crippen LogP contribution in [0.2, 0.25) is 5.02 Å². The normalized spacial score (nSPS) is 12.4. The number of benzene rings is 2. The first kappa shape index (κ1) is 15.9. The molecule has 2 aromatic rings. The van der Waals surface area contributed by atoms with E-state index in [1.54, 1.807) is 12.1 Å². The molecule has 0 saturated carbocycles. The highest BCUT2D eigenvalue weighted by molar-refractivity contribution is 6.30. The molecule has 1 unspecified atom stereocenters. The summed E-state index contributed by atoms with van der Waals surface area (Å²) >= 11 is 5.57. The second-order valence-electron chi connectivity index (χ2n) is 4.73. The van der Waals surface area contributed by atoms with Gasteiger partial charge in [-0.2, -0.15) is 0 Å². The molecule has 112 valence electrons. The lowest BCUT2D eigenvalue weighted by Crippen LogP contribution is -2.24. The van der Waals surface area contributed by atoms with Gasteiger partial charge in [-0.15, -0.1) is 0 Å². The van der Waals surface area contributed by atoms with Crippen LogP contribution in [0.5, 0.6) is 0 Å². The second-order valence-corrected chi connectivity index (χ2v) is 5.14. The van der Waals surface area contributed by atoms with E-state index in [4.69, 9.17) is 11.6 Å². The van der Waals surface area contributed by atoms with Crippen molar-refractivity contribution >= 4 is 11.6 Å². The van der Waals surface area contributed by atoms with Gasteiger partial charge in [0.05, 0.1) is 5.02 Å². The molecule has 1 N–H and O–H groups in total. The van der Waals surface area contributed by atoms with Gasteiger partial charge in [-0.25, -0.2) is 13.2 Å². The number of hydrogen-bond donors (Lipinski definition) is 1. The van der Waals surface area contributed by atoms with Gasteiger partial charge in [0.1, 0.15) is 17.5 Å². The van der Waals surface area contributed by atoms with Crippen molar-refractivity contribution in [2.75, 3.05) is 6.54 Å². The number of nitrogens with one attached hydrogen (secondary N) is 1. The third-order valence-electron chi connectivity index (χ3n) is 3.22. The number of halogens is 4. The van der Waals surface area contributed by atoms with Gasteiger partial charge in [0.15, 0.2) is 0 Å². The number of hydrogen-bond acceptors (Lipinski definition) is 1. The van der Waals surface area contributed by atoms with Gasteiger partial charge in [0.2, 0.25) is 0 Å². The fourth-order valence-electron chi connectivity index (χ4n) is 2.20. The lowest BCUT2D eigenvalue weighted by Gasteiger charge is -2.19. The smallest absolute Gasteiger partial charge is 0.142 e. The van der Waals surface area contributed by atoms with Crippen LogP contribution in [0.3, 0.4) is 0 Å². The summed E-state index contributed by atoms with van der Waals surface area (Å²) in [6.07, 6.45) is 0.423. The Morgan fingerprint density at radius 2 is 1.71 bits per heavy atom. The summed E-state index contributed by atoms with van der Waals surface area (Å²) in [5.41, 5.74) is 1.04. The highest BCUT2D eigenvalue weighted by Crippen LogP contribution is 2.26. The van der Waals surface area contributed by atoms with E-state index < -0.39 is 17.7 Å². The predicted molar refractivity (Wildman–Crippen MR) is 77.9 cm³/mol. The predicted octanol–water partition coefficient (Wildman–Crippen LogP) is 4.65. The summed E-state index contributed by atoms with van der Waals surface area (Å²) in [5, 5.41) is 2.86. The van der Waals surface area contributed by atoms with Crippen molar-refractivity contribution in [2.45, 2.75) is 19.4 Å². The Hall–Kier alpha value is -1.52. The largest absolute Gasteiger partial charge is 0.310 e. The molecule has 0 aliphatic carbocycles. The van der Waals surface area contributed by atoms with E-state index in [0.29, 0.717) is 13.0 Å². The van der Waals surface area contributed by atoms with E-state index in [-0.39, 0.29) is 16.4 Å². The molecule has 2 aromatic carbocycles. The molecule has 21 heavy (non-hydrogen) atoms. The van der Waals surface area contributed by atoms with Gasteiger partial charge in [0, 0.05) is 11.6 Å². The van der Waals surface area contributed by atoms with Crippen LogP contribution in [0.15, 0.2) is 36.4 Å². The zero-order chi connectivity index (χ0) is 15.4.